The summed E-state index contributed by atoms with van der Waals surface area (Å²) in [7, 11) is 0. The molecule has 0 radical (unpaired) electrons. The van der Waals surface area contributed by atoms with Gasteiger partial charge in [-0.25, -0.2) is 0 Å². The van der Waals surface area contributed by atoms with E-state index in [0.29, 0.717) is 5.02 Å². The minimum atomic E-state index is -0.0768. The molecule has 0 spiro atoms. The summed E-state index contributed by atoms with van der Waals surface area (Å²) >= 11 is 7.48. The second-order valence-corrected chi connectivity index (χ2v) is 6.01. The Morgan fingerprint density at radius 2 is 2.05 bits per heavy atom. The molecule has 0 atom stereocenters. The maximum Gasteiger partial charge on any atom is 0.246 e. The van der Waals surface area contributed by atoms with Gasteiger partial charge in [0.15, 0.2) is 0 Å². The van der Waals surface area contributed by atoms with Crippen LogP contribution in [0.2, 0.25) is 5.02 Å². The molecule has 1 aliphatic heterocycles. The maximum absolute atomic E-state index is 11.7. The van der Waals surface area contributed by atoms with Crippen molar-refractivity contribution >= 4 is 39.6 Å². The highest BCUT2D eigenvalue weighted by Gasteiger charge is 2.20. The Morgan fingerprint density at radius 3 is 2.79 bits per heavy atom. The number of anilines is 1. The Balaban J connectivity index is 2.14. The van der Waals surface area contributed by atoms with E-state index < -0.39 is 0 Å². The molecule has 0 fully saturated rings. The number of carbonyl (C=O) groups is 1. The molecule has 0 aliphatic carbocycles. The highest BCUT2D eigenvalue weighted by atomic mass is 35.5. The third-order valence-electron chi connectivity index (χ3n) is 2.86. The lowest BCUT2D eigenvalue weighted by molar-refractivity contribution is -0.114. The third kappa shape index (κ3) is 2.41. The van der Waals surface area contributed by atoms with Crippen molar-refractivity contribution in [2.45, 2.75) is 6.92 Å². The molecule has 1 amide bonds. The average molecular weight is 291 g/mol. The maximum atomic E-state index is 11.7. The summed E-state index contributed by atoms with van der Waals surface area (Å²) in [6.45, 7) is 2.17. The number of rotatable bonds is 1. The van der Waals surface area contributed by atoms with Gasteiger partial charge in [0, 0.05) is 21.0 Å². The van der Waals surface area contributed by atoms with Gasteiger partial charge in [0.1, 0.15) is 11.5 Å². The number of aliphatic imine (C=N–C) groups is 1. The van der Waals surface area contributed by atoms with Gasteiger partial charge in [-0.05, 0) is 25.1 Å². The highest BCUT2D eigenvalue weighted by molar-refractivity contribution is 7.16. The van der Waals surface area contributed by atoms with Crippen LogP contribution in [0.25, 0.3) is 0 Å². The molecule has 0 bridgehead atoms. The summed E-state index contributed by atoms with van der Waals surface area (Å²) in [5.74, 6) is -0.0768. The van der Waals surface area contributed by atoms with Crippen LogP contribution in [0, 0.1) is 6.92 Å². The van der Waals surface area contributed by atoms with Gasteiger partial charge >= 0.3 is 0 Å². The van der Waals surface area contributed by atoms with Crippen LogP contribution in [0.4, 0.5) is 5.00 Å². The predicted molar refractivity (Wildman–Crippen MR) is 79.6 cm³/mol. The van der Waals surface area contributed by atoms with E-state index in [4.69, 9.17) is 11.6 Å². The molecule has 1 aromatic heterocycles. The van der Waals surface area contributed by atoms with Gasteiger partial charge in [-0.2, -0.15) is 0 Å². The fourth-order valence-corrected chi connectivity index (χ4v) is 3.09. The molecule has 5 heteroatoms. The third-order valence-corrected chi connectivity index (χ3v) is 4.08. The highest BCUT2D eigenvalue weighted by Crippen LogP contribution is 2.31. The summed E-state index contributed by atoms with van der Waals surface area (Å²) in [6, 6.07) is 9.57. The lowest BCUT2D eigenvalue weighted by Gasteiger charge is -2.05. The molecule has 0 saturated carbocycles. The van der Waals surface area contributed by atoms with E-state index in [2.05, 4.69) is 16.4 Å². The number of hydrogen-bond acceptors (Lipinski definition) is 3. The zero-order valence-electron chi connectivity index (χ0n) is 10.2. The summed E-state index contributed by atoms with van der Waals surface area (Å²) in [5, 5.41) is 4.45. The van der Waals surface area contributed by atoms with Gasteiger partial charge in [0.2, 0.25) is 5.91 Å². The SMILES string of the molecule is Cc1cc2c(s1)NC(=O)CN=C2c1ccc(Cl)cc1. The molecule has 2 aromatic rings. The van der Waals surface area contributed by atoms with Crippen molar-refractivity contribution in [1.82, 2.24) is 0 Å². The number of nitrogens with zero attached hydrogens (tertiary/aromatic N) is 1. The van der Waals surface area contributed by atoms with Crippen LogP contribution >= 0.6 is 22.9 Å². The van der Waals surface area contributed by atoms with Crippen LogP contribution in [-0.2, 0) is 4.79 Å². The van der Waals surface area contributed by atoms with Crippen LogP contribution in [0.15, 0.2) is 35.3 Å². The zero-order chi connectivity index (χ0) is 13.4. The van der Waals surface area contributed by atoms with Crippen LogP contribution < -0.4 is 5.32 Å². The topological polar surface area (TPSA) is 41.5 Å². The smallest absolute Gasteiger partial charge is 0.246 e. The molecule has 3 nitrogen and oxygen atoms in total. The number of carbonyl (C=O) groups excluding carboxylic acids is 1. The minimum Gasteiger partial charge on any atom is -0.316 e. The number of amides is 1. The van der Waals surface area contributed by atoms with E-state index in [1.54, 1.807) is 11.3 Å². The fourth-order valence-electron chi connectivity index (χ4n) is 2.04. The quantitative estimate of drug-likeness (QED) is 0.858. The minimum absolute atomic E-state index is 0.0768. The molecule has 3 rings (SSSR count). The molecular weight excluding hydrogens is 280 g/mol. The van der Waals surface area contributed by atoms with Gasteiger partial charge < -0.3 is 5.32 Å². The average Bonchev–Trinajstić information content (AvgIpc) is 2.65. The van der Waals surface area contributed by atoms with Crippen LogP contribution in [0.1, 0.15) is 16.0 Å². The Hall–Kier alpha value is -1.65. The lowest BCUT2D eigenvalue weighted by atomic mass is 10.0. The molecular formula is C14H11ClN2OS. The van der Waals surface area contributed by atoms with Crippen molar-refractivity contribution in [3.05, 3.63) is 51.4 Å². The first-order chi connectivity index (χ1) is 9.13. The van der Waals surface area contributed by atoms with Gasteiger partial charge in [0.25, 0.3) is 0 Å². The van der Waals surface area contributed by atoms with E-state index in [0.717, 1.165) is 26.7 Å². The lowest BCUT2D eigenvalue weighted by Crippen LogP contribution is -2.12. The standard InChI is InChI=1S/C14H11ClN2OS/c1-8-6-11-13(9-2-4-10(15)5-3-9)16-7-12(18)17-14(11)19-8/h2-6H,7H2,1H3,(H,17,18). The summed E-state index contributed by atoms with van der Waals surface area (Å²) in [4.78, 5) is 17.2. The monoisotopic (exact) mass is 290 g/mol. The van der Waals surface area contributed by atoms with Gasteiger partial charge in [-0.3, -0.25) is 9.79 Å². The number of benzene rings is 1. The number of fused-ring (bicyclic) bond motifs is 1. The largest absolute Gasteiger partial charge is 0.316 e. The van der Waals surface area contributed by atoms with Crippen molar-refractivity contribution in [3.8, 4) is 0 Å². The number of thiophene rings is 1. The van der Waals surface area contributed by atoms with E-state index in [1.165, 1.54) is 0 Å². The van der Waals surface area contributed by atoms with E-state index in [9.17, 15) is 4.79 Å². The Bertz CT molecular complexity index is 673. The van der Waals surface area contributed by atoms with E-state index in [-0.39, 0.29) is 12.5 Å². The van der Waals surface area contributed by atoms with Crippen LogP contribution in [0.3, 0.4) is 0 Å². The Morgan fingerprint density at radius 1 is 1.32 bits per heavy atom. The Labute approximate surface area is 119 Å². The summed E-state index contributed by atoms with van der Waals surface area (Å²) in [6.07, 6.45) is 0. The zero-order valence-corrected chi connectivity index (χ0v) is 11.8. The van der Waals surface area contributed by atoms with Crippen molar-refractivity contribution in [2.24, 2.45) is 4.99 Å². The van der Waals surface area contributed by atoms with Crippen LogP contribution in [-0.4, -0.2) is 18.2 Å². The molecule has 0 unspecified atom stereocenters. The first-order valence-electron chi connectivity index (χ1n) is 5.84. The Kier molecular flexibility index (Phi) is 3.12. The second-order valence-electron chi connectivity index (χ2n) is 4.32. The van der Waals surface area contributed by atoms with Gasteiger partial charge in [0.05, 0.1) is 5.71 Å². The molecule has 2 heterocycles. The normalized spacial score (nSPS) is 14.4. The summed E-state index contributed by atoms with van der Waals surface area (Å²) in [5.41, 5.74) is 2.80. The molecule has 1 N–H and O–H groups in total. The predicted octanol–water partition coefficient (Wildman–Crippen LogP) is 3.50. The molecule has 0 saturated heterocycles. The number of halogens is 1. The first-order valence-corrected chi connectivity index (χ1v) is 7.04. The van der Waals surface area contributed by atoms with E-state index >= 15 is 0 Å². The number of aryl methyl sites for hydroxylation is 1. The van der Waals surface area contributed by atoms with Crippen molar-refractivity contribution < 1.29 is 4.79 Å². The van der Waals surface area contributed by atoms with E-state index in [1.807, 2.05) is 31.2 Å². The van der Waals surface area contributed by atoms with Gasteiger partial charge in [-0.15, -0.1) is 11.3 Å². The van der Waals surface area contributed by atoms with Crippen molar-refractivity contribution in [3.63, 3.8) is 0 Å². The van der Waals surface area contributed by atoms with Crippen molar-refractivity contribution in [1.29, 1.82) is 0 Å². The first kappa shape index (κ1) is 12.4. The van der Waals surface area contributed by atoms with Crippen LogP contribution in [0.5, 0.6) is 0 Å². The number of hydrogen-bond donors (Lipinski definition) is 1. The summed E-state index contributed by atoms with van der Waals surface area (Å²) < 4.78 is 0. The number of nitrogens with one attached hydrogen (secondary N) is 1. The van der Waals surface area contributed by atoms with Gasteiger partial charge in [-0.1, -0.05) is 23.7 Å². The molecule has 1 aliphatic rings. The fraction of sp³-hybridized carbons (Fsp3) is 0.143. The molecule has 96 valence electrons. The molecule has 1 aromatic carbocycles. The van der Waals surface area contributed by atoms with Crippen molar-refractivity contribution in [2.75, 3.05) is 11.9 Å². The molecule has 19 heavy (non-hydrogen) atoms. The second kappa shape index (κ2) is 4.79.